The maximum atomic E-state index is 3.95. The van der Waals surface area contributed by atoms with Crippen LogP contribution in [0.4, 0.5) is 0 Å². The van der Waals surface area contributed by atoms with Crippen LogP contribution in [0.5, 0.6) is 0 Å². The first-order chi connectivity index (χ1) is 5.83. The average Bonchev–Trinajstić information content (AvgIpc) is 2.53. The molecule has 0 radical (unpaired) electrons. The first kappa shape index (κ1) is 9.61. The van der Waals surface area contributed by atoms with Crippen LogP contribution in [0.25, 0.3) is 0 Å². The highest BCUT2D eigenvalue weighted by atomic mass is 32.1. The molecule has 1 aromatic rings. The number of hydrogen-bond acceptors (Lipinski definition) is 4. The number of nitrogens with one attached hydrogen (secondary N) is 1. The lowest BCUT2D eigenvalue weighted by Crippen LogP contribution is -2.25. The van der Waals surface area contributed by atoms with Crippen molar-refractivity contribution in [2.24, 2.45) is 0 Å². The van der Waals surface area contributed by atoms with Gasteiger partial charge in [0.15, 0.2) is 0 Å². The van der Waals surface area contributed by atoms with Gasteiger partial charge in [-0.15, -0.1) is 5.10 Å². The fraction of sp³-hybridized carbons (Fsp3) is 0.750. The molecule has 0 saturated heterocycles. The molecule has 1 N–H and O–H groups in total. The molecule has 0 aliphatic rings. The molecule has 0 spiro atoms. The van der Waals surface area contributed by atoms with Crippen molar-refractivity contribution in [1.29, 1.82) is 0 Å². The van der Waals surface area contributed by atoms with E-state index in [-0.39, 0.29) is 0 Å². The molecule has 1 aromatic heterocycles. The van der Waals surface area contributed by atoms with Gasteiger partial charge in [-0.3, -0.25) is 0 Å². The highest BCUT2D eigenvalue weighted by Gasteiger charge is 2.00. The van der Waals surface area contributed by atoms with Gasteiger partial charge in [-0.2, -0.15) is 0 Å². The molecule has 0 fully saturated rings. The van der Waals surface area contributed by atoms with E-state index in [1.54, 1.807) is 0 Å². The van der Waals surface area contributed by atoms with Crippen molar-refractivity contribution in [3.8, 4) is 0 Å². The maximum Gasteiger partial charge on any atom is 0.0893 e. The number of aromatic nitrogens is 2. The van der Waals surface area contributed by atoms with E-state index in [4.69, 9.17) is 0 Å². The summed E-state index contributed by atoms with van der Waals surface area (Å²) in [6.45, 7) is 5.24. The number of nitrogens with zero attached hydrogens (tertiary/aromatic N) is 2. The van der Waals surface area contributed by atoms with Crippen molar-refractivity contribution in [3.63, 3.8) is 0 Å². The molecule has 12 heavy (non-hydrogen) atoms. The molecule has 1 atom stereocenters. The molecule has 0 aliphatic heterocycles. The Bertz CT molecular complexity index is 198. The molecule has 0 amide bonds. The van der Waals surface area contributed by atoms with E-state index in [2.05, 4.69) is 28.8 Å². The average molecular weight is 185 g/mol. The van der Waals surface area contributed by atoms with Crippen molar-refractivity contribution < 1.29 is 0 Å². The molecular formula is C8H15N3S. The summed E-state index contributed by atoms with van der Waals surface area (Å²) >= 11 is 1.40. The first-order valence-electron chi connectivity index (χ1n) is 4.32. The van der Waals surface area contributed by atoms with Crippen LogP contribution in [0, 0.1) is 0 Å². The molecule has 3 nitrogen and oxygen atoms in total. The van der Waals surface area contributed by atoms with Crippen molar-refractivity contribution in [2.45, 2.75) is 39.3 Å². The summed E-state index contributed by atoms with van der Waals surface area (Å²) < 4.78 is 3.80. The second-order valence-corrected chi connectivity index (χ2v) is 3.58. The Kier molecular flexibility index (Phi) is 4.18. The molecule has 1 unspecified atom stereocenters. The van der Waals surface area contributed by atoms with Crippen LogP contribution >= 0.6 is 11.5 Å². The van der Waals surface area contributed by atoms with Gasteiger partial charge in [-0.1, -0.05) is 17.8 Å². The number of hydrogen-bond donors (Lipinski definition) is 1. The van der Waals surface area contributed by atoms with E-state index < -0.39 is 0 Å². The van der Waals surface area contributed by atoms with Crippen LogP contribution in [-0.4, -0.2) is 15.6 Å². The third-order valence-corrected chi connectivity index (χ3v) is 2.31. The van der Waals surface area contributed by atoms with Crippen LogP contribution < -0.4 is 5.32 Å². The second kappa shape index (κ2) is 5.22. The second-order valence-electron chi connectivity index (χ2n) is 2.97. The lowest BCUT2D eigenvalue weighted by molar-refractivity contribution is 0.504. The van der Waals surface area contributed by atoms with Crippen LogP contribution in [-0.2, 0) is 6.54 Å². The van der Waals surface area contributed by atoms with Gasteiger partial charge in [-0.25, -0.2) is 0 Å². The molecule has 68 valence electrons. The zero-order chi connectivity index (χ0) is 8.81. The van der Waals surface area contributed by atoms with Crippen molar-refractivity contribution in [3.05, 3.63) is 11.1 Å². The molecular weight excluding hydrogens is 170 g/mol. The summed E-state index contributed by atoms with van der Waals surface area (Å²) in [5.74, 6) is 0. The van der Waals surface area contributed by atoms with E-state index in [0.29, 0.717) is 6.04 Å². The normalized spacial score (nSPS) is 13.2. The molecule has 0 saturated carbocycles. The minimum Gasteiger partial charge on any atom is -0.309 e. The Balaban J connectivity index is 2.17. The fourth-order valence-electron chi connectivity index (χ4n) is 1.07. The Morgan fingerprint density at radius 1 is 1.67 bits per heavy atom. The van der Waals surface area contributed by atoms with E-state index in [0.717, 1.165) is 12.2 Å². The fourth-order valence-corrected chi connectivity index (χ4v) is 1.53. The van der Waals surface area contributed by atoms with Crippen LogP contribution in [0.15, 0.2) is 5.38 Å². The topological polar surface area (TPSA) is 37.8 Å². The van der Waals surface area contributed by atoms with Gasteiger partial charge >= 0.3 is 0 Å². The zero-order valence-electron chi connectivity index (χ0n) is 7.58. The Labute approximate surface area is 77.4 Å². The molecule has 1 heterocycles. The minimum absolute atomic E-state index is 0.580. The standard InChI is InChI=1S/C8H15N3S/c1-3-4-7(2)9-5-8-6-12-11-10-8/h6-7,9H,3-5H2,1-2H3. The quantitative estimate of drug-likeness (QED) is 0.760. The molecule has 4 heteroatoms. The van der Waals surface area contributed by atoms with Gasteiger partial charge in [0.1, 0.15) is 0 Å². The summed E-state index contributed by atoms with van der Waals surface area (Å²) in [6, 6.07) is 0.580. The van der Waals surface area contributed by atoms with Crippen molar-refractivity contribution in [2.75, 3.05) is 0 Å². The Morgan fingerprint density at radius 2 is 2.50 bits per heavy atom. The lowest BCUT2D eigenvalue weighted by atomic mass is 10.2. The maximum absolute atomic E-state index is 3.95. The third kappa shape index (κ3) is 3.28. The number of rotatable bonds is 5. The van der Waals surface area contributed by atoms with Crippen molar-refractivity contribution >= 4 is 11.5 Å². The summed E-state index contributed by atoms with van der Waals surface area (Å²) in [4.78, 5) is 0. The van der Waals surface area contributed by atoms with Gasteiger partial charge in [0, 0.05) is 18.0 Å². The molecule has 0 bridgehead atoms. The summed E-state index contributed by atoms with van der Waals surface area (Å²) in [5, 5.41) is 9.32. The van der Waals surface area contributed by atoms with Gasteiger partial charge in [0.05, 0.1) is 5.69 Å². The Hall–Kier alpha value is -0.480. The first-order valence-corrected chi connectivity index (χ1v) is 5.16. The molecule has 0 aliphatic carbocycles. The summed E-state index contributed by atoms with van der Waals surface area (Å²) in [7, 11) is 0. The van der Waals surface area contributed by atoms with Crippen LogP contribution in [0.1, 0.15) is 32.4 Å². The minimum atomic E-state index is 0.580. The van der Waals surface area contributed by atoms with Gasteiger partial charge in [0.25, 0.3) is 0 Å². The third-order valence-electron chi connectivity index (χ3n) is 1.76. The van der Waals surface area contributed by atoms with Crippen LogP contribution in [0.3, 0.4) is 0 Å². The van der Waals surface area contributed by atoms with E-state index in [1.807, 2.05) is 5.38 Å². The van der Waals surface area contributed by atoms with Gasteiger partial charge in [-0.05, 0) is 24.9 Å². The van der Waals surface area contributed by atoms with E-state index in [1.165, 1.54) is 24.4 Å². The zero-order valence-corrected chi connectivity index (χ0v) is 8.40. The lowest BCUT2D eigenvalue weighted by Gasteiger charge is -2.10. The molecule has 1 rings (SSSR count). The monoisotopic (exact) mass is 185 g/mol. The summed E-state index contributed by atoms with van der Waals surface area (Å²) in [5.41, 5.74) is 1.04. The smallest absolute Gasteiger partial charge is 0.0893 e. The predicted octanol–water partition coefficient (Wildman–Crippen LogP) is 1.82. The van der Waals surface area contributed by atoms with Gasteiger partial charge in [0.2, 0.25) is 0 Å². The SMILES string of the molecule is CCCC(C)NCc1csnn1. The van der Waals surface area contributed by atoms with Gasteiger partial charge < -0.3 is 5.32 Å². The molecule has 0 aromatic carbocycles. The highest BCUT2D eigenvalue weighted by Crippen LogP contribution is 1.99. The van der Waals surface area contributed by atoms with Crippen molar-refractivity contribution in [1.82, 2.24) is 14.9 Å². The largest absolute Gasteiger partial charge is 0.309 e. The van der Waals surface area contributed by atoms with E-state index >= 15 is 0 Å². The van der Waals surface area contributed by atoms with Crippen LogP contribution in [0.2, 0.25) is 0 Å². The summed E-state index contributed by atoms with van der Waals surface area (Å²) in [6.07, 6.45) is 2.45. The highest BCUT2D eigenvalue weighted by molar-refractivity contribution is 7.03. The van der Waals surface area contributed by atoms with E-state index in [9.17, 15) is 0 Å². The predicted molar refractivity (Wildman–Crippen MR) is 51.1 cm³/mol. The Morgan fingerprint density at radius 3 is 3.08 bits per heavy atom.